The SMILES string of the molecule is CC(=O)C1=C(C)NC(=S)N[C@H]1c1ccccc1. The van der Waals surface area contributed by atoms with Crippen molar-refractivity contribution in [3.63, 3.8) is 0 Å². The van der Waals surface area contributed by atoms with Gasteiger partial charge in [0.05, 0.1) is 6.04 Å². The molecule has 3 nitrogen and oxygen atoms in total. The molecule has 17 heavy (non-hydrogen) atoms. The van der Waals surface area contributed by atoms with E-state index in [0.717, 1.165) is 16.8 Å². The molecule has 1 aliphatic rings. The summed E-state index contributed by atoms with van der Waals surface area (Å²) in [6, 6.07) is 9.68. The lowest BCUT2D eigenvalue weighted by molar-refractivity contribution is -0.114. The third kappa shape index (κ3) is 2.36. The predicted molar refractivity (Wildman–Crippen MR) is 71.4 cm³/mol. The van der Waals surface area contributed by atoms with Crippen LogP contribution in [0.15, 0.2) is 41.6 Å². The Morgan fingerprint density at radius 3 is 2.53 bits per heavy atom. The molecule has 0 spiro atoms. The van der Waals surface area contributed by atoms with E-state index in [1.807, 2.05) is 37.3 Å². The summed E-state index contributed by atoms with van der Waals surface area (Å²) in [7, 11) is 0. The van der Waals surface area contributed by atoms with Crippen molar-refractivity contribution in [3.8, 4) is 0 Å². The number of allylic oxidation sites excluding steroid dienone is 1. The van der Waals surface area contributed by atoms with E-state index in [0.29, 0.717) is 5.11 Å². The van der Waals surface area contributed by atoms with Crippen molar-refractivity contribution in [1.29, 1.82) is 0 Å². The Hall–Kier alpha value is -1.68. The number of hydrogen-bond donors (Lipinski definition) is 2. The third-order valence-electron chi connectivity index (χ3n) is 2.78. The van der Waals surface area contributed by atoms with Crippen molar-refractivity contribution in [2.24, 2.45) is 0 Å². The Morgan fingerprint density at radius 2 is 1.94 bits per heavy atom. The van der Waals surface area contributed by atoms with E-state index in [9.17, 15) is 4.79 Å². The maximum absolute atomic E-state index is 11.7. The third-order valence-corrected chi connectivity index (χ3v) is 3.00. The molecule has 0 aromatic heterocycles. The molecule has 1 atom stereocenters. The van der Waals surface area contributed by atoms with E-state index >= 15 is 0 Å². The van der Waals surface area contributed by atoms with Gasteiger partial charge >= 0.3 is 0 Å². The molecule has 1 aromatic rings. The summed E-state index contributed by atoms with van der Waals surface area (Å²) < 4.78 is 0. The van der Waals surface area contributed by atoms with Crippen LogP contribution in [-0.4, -0.2) is 10.9 Å². The van der Waals surface area contributed by atoms with Gasteiger partial charge in [-0.05, 0) is 31.6 Å². The van der Waals surface area contributed by atoms with Crippen molar-refractivity contribution in [1.82, 2.24) is 10.6 Å². The minimum atomic E-state index is -0.151. The fourth-order valence-corrected chi connectivity index (χ4v) is 2.33. The maximum atomic E-state index is 11.7. The highest BCUT2D eigenvalue weighted by Gasteiger charge is 2.27. The van der Waals surface area contributed by atoms with Crippen LogP contribution < -0.4 is 10.6 Å². The summed E-state index contributed by atoms with van der Waals surface area (Å²) in [5, 5.41) is 6.68. The fraction of sp³-hybridized carbons (Fsp3) is 0.231. The zero-order valence-electron chi connectivity index (χ0n) is 9.78. The number of ketones is 1. The summed E-state index contributed by atoms with van der Waals surface area (Å²) in [4.78, 5) is 11.7. The van der Waals surface area contributed by atoms with Gasteiger partial charge in [-0.3, -0.25) is 4.79 Å². The second-order valence-electron chi connectivity index (χ2n) is 4.04. The van der Waals surface area contributed by atoms with Crippen molar-refractivity contribution >= 4 is 23.1 Å². The largest absolute Gasteiger partial charge is 0.351 e. The van der Waals surface area contributed by atoms with Crippen LogP contribution in [0.5, 0.6) is 0 Å². The first-order chi connectivity index (χ1) is 8.09. The quantitative estimate of drug-likeness (QED) is 0.784. The zero-order valence-corrected chi connectivity index (χ0v) is 10.6. The number of Topliss-reactive ketones (excluding diaryl/α,β-unsaturated/α-hetero) is 1. The molecule has 1 aliphatic heterocycles. The fourth-order valence-electron chi connectivity index (χ4n) is 2.06. The van der Waals surface area contributed by atoms with Crippen LogP contribution in [-0.2, 0) is 4.79 Å². The summed E-state index contributed by atoms with van der Waals surface area (Å²) in [6.07, 6.45) is 0. The van der Waals surface area contributed by atoms with Crippen molar-refractivity contribution in [3.05, 3.63) is 47.2 Å². The number of benzene rings is 1. The average Bonchev–Trinajstić information content (AvgIpc) is 2.28. The first-order valence-corrected chi connectivity index (χ1v) is 5.84. The molecule has 0 fully saturated rings. The van der Waals surface area contributed by atoms with Gasteiger partial charge in [0.25, 0.3) is 0 Å². The highest BCUT2D eigenvalue weighted by Crippen LogP contribution is 2.26. The van der Waals surface area contributed by atoms with Gasteiger partial charge in [-0.25, -0.2) is 0 Å². The van der Waals surface area contributed by atoms with Crippen LogP contribution in [0.1, 0.15) is 25.5 Å². The molecule has 0 saturated carbocycles. The van der Waals surface area contributed by atoms with Gasteiger partial charge in [-0.2, -0.15) is 0 Å². The second-order valence-corrected chi connectivity index (χ2v) is 4.45. The predicted octanol–water partition coefficient (Wildman–Crippen LogP) is 2.07. The van der Waals surface area contributed by atoms with Crippen LogP contribution in [0.25, 0.3) is 0 Å². The summed E-state index contributed by atoms with van der Waals surface area (Å²) in [5.41, 5.74) is 2.61. The molecule has 0 aliphatic carbocycles. The first-order valence-electron chi connectivity index (χ1n) is 5.43. The van der Waals surface area contributed by atoms with E-state index in [4.69, 9.17) is 12.2 Å². The van der Waals surface area contributed by atoms with E-state index in [1.54, 1.807) is 6.92 Å². The topological polar surface area (TPSA) is 41.1 Å². The summed E-state index contributed by atoms with van der Waals surface area (Å²) >= 11 is 5.13. The van der Waals surface area contributed by atoms with Crippen molar-refractivity contribution < 1.29 is 4.79 Å². The van der Waals surface area contributed by atoms with Gasteiger partial charge in [0.15, 0.2) is 10.9 Å². The molecule has 1 heterocycles. The number of thiocarbonyl (C=S) groups is 1. The lowest BCUT2D eigenvalue weighted by Gasteiger charge is -2.29. The molecular weight excluding hydrogens is 232 g/mol. The molecule has 0 radical (unpaired) electrons. The lowest BCUT2D eigenvalue weighted by atomic mass is 9.93. The van der Waals surface area contributed by atoms with E-state index < -0.39 is 0 Å². The molecule has 4 heteroatoms. The van der Waals surface area contributed by atoms with Crippen LogP contribution in [0, 0.1) is 0 Å². The Balaban J connectivity index is 2.47. The molecule has 1 aromatic carbocycles. The molecule has 2 rings (SSSR count). The monoisotopic (exact) mass is 246 g/mol. The minimum absolute atomic E-state index is 0.0545. The highest BCUT2D eigenvalue weighted by atomic mass is 32.1. The Bertz CT molecular complexity index is 493. The molecule has 0 saturated heterocycles. The number of carbonyl (C=O) groups excluding carboxylic acids is 1. The van der Waals surface area contributed by atoms with Gasteiger partial charge in [0.1, 0.15) is 0 Å². The van der Waals surface area contributed by atoms with Gasteiger partial charge in [-0.1, -0.05) is 30.3 Å². The van der Waals surface area contributed by atoms with Crippen molar-refractivity contribution in [2.75, 3.05) is 0 Å². The molecule has 2 N–H and O–H groups in total. The van der Waals surface area contributed by atoms with Gasteiger partial charge in [-0.15, -0.1) is 0 Å². The summed E-state index contributed by atoms with van der Waals surface area (Å²) in [5.74, 6) is 0.0545. The number of carbonyl (C=O) groups is 1. The van der Waals surface area contributed by atoms with E-state index in [-0.39, 0.29) is 11.8 Å². The van der Waals surface area contributed by atoms with Crippen LogP contribution in [0.2, 0.25) is 0 Å². The van der Waals surface area contributed by atoms with Crippen LogP contribution in [0.3, 0.4) is 0 Å². The van der Waals surface area contributed by atoms with Crippen LogP contribution in [0.4, 0.5) is 0 Å². The second kappa shape index (κ2) is 4.67. The highest BCUT2D eigenvalue weighted by molar-refractivity contribution is 7.80. The van der Waals surface area contributed by atoms with E-state index in [1.165, 1.54) is 0 Å². The standard InChI is InChI=1S/C13H14N2OS/c1-8-11(9(2)16)12(15-13(17)14-8)10-6-4-3-5-7-10/h3-7,12H,1-2H3,(H2,14,15,17)/t12-/m0/s1. The number of nitrogens with one attached hydrogen (secondary N) is 2. The average molecular weight is 246 g/mol. The molecule has 0 amide bonds. The first kappa shape index (κ1) is 11.8. The lowest BCUT2D eigenvalue weighted by Crippen LogP contribution is -2.44. The van der Waals surface area contributed by atoms with E-state index in [2.05, 4.69) is 10.6 Å². The molecular formula is C13H14N2OS. The number of hydrogen-bond acceptors (Lipinski definition) is 2. The number of rotatable bonds is 2. The zero-order chi connectivity index (χ0) is 12.4. The molecule has 88 valence electrons. The van der Waals surface area contributed by atoms with Gasteiger partial charge < -0.3 is 10.6 Å². The Kier molecular flexibility index (Phi) is 3.24. The Morgan fingerprint density at radius 1 is 1.29 bits per heavy atom. The maximum Gasteiger partial charge on any atom is 0.171 e. The van der Waals surface area contributed by atoms with Gasteiger partial charge in [0.2, 0.25) is 0 Å². The van der Waals surface area contributed by atoms with Crippen LogP contribution >= 0.6 is 12.2 Å². The minimum Gasteiger partial charge on any atom is -0.351 e. The smallest absolute Gasteiger partial charge is 0.171 e. The van der Waals surface area contributed by atoms with Crippen molar-refractivity contribution in [2.45, 2.75) is 19.9 Å². The normalized spacial score (nSPS) is 19.6. The molecule has 0 unspecified atom stereocenters. The Labute approximate surface area is 106 Å². The summed E-state index contributed by atoms with van der Waals surface area (Å²) in [6.45, 7) is 3.45. The molecule has 0 bridgehead atoms. The van der Waals surface area contributed by atoms with Gasteiger partial charge in [0, 0.05) is 11.3 Å².